The molecule has 6 heteroatoms. The van der Waals surface area contributed by atoms with Crippen LogP contribution in [0.15, 0.2) is 60.3 Å². The van der Waals surface area contributed by atoms with Crippen molar-refractivity contribution in [2.75, 3.05) is 19.0 Å². The number of methoxy groups -OCH3 is 1. The second kappa shape index (κ2) is 9.07. The van der Waals surface area contributed by atoms with E-state index >= 15 is 0 Å². The molecule has 0 unspecified atom stereocenters. The molecule has 3 rings (SSSR count). The summed E-state index contributed by atoms with van der Waals surface area (Å²) in [5.41, 5.74) is 2.56. The topological polar surface area (TPSA) is 88.4 Å². The molecule has 148 valence electrons. The fourth-order valence-corrected chi connectivity index (χ4v) is 3.52. The van der Waals surface area contributed by atoms with E-state index in [9.17, 15) is 14.9 Å². The lowest BCUT2D eigenvalue weighted by Gasteiger charge is -2.30. The molecule has 0 radical (unpaired) electrons. The van der Waals surface area contributed by atoms with Crippen molar-refractivity contribution >= 4 is 17.4 Å². The van der Waals surface area contributed by atoms with E-state index in [1.807, 2.05) is 30.3 Å². The van der Waals surface area contributed by atoms with Gasteiger partial charge in [-0.3, -0.25) is 9.59 Å². The maximum absolute atomic E-state index is 12.9. The van der Waals surface area contributed by atoms with Crippen LogP contribution in [-0.2, 0) is 14.3 Å². The highest BCUT2D eigenvalue weighted by Gasteiger charge is 2.39. The molecule has 6 nitrogen and oxygen atoms in total. The molecule has 0 aliphatic heterocycles. The van der Waals surface area contributed by atoms with Crippen LogP contribution in [0.3, 0.4) is 0 Å². The van der Waals surface area contributed by atoms with Crippen LogP contribution in [0.2, 0.25) is 0 Å². The van der Waals surface area contributed by atoms with Crippen LogP contribution >= 0.6 is 0 Å². The highest BCUT2D eigenvalue weighted by atomic mass is 16.5. The van der Waals surface area contributed by atoms with Crippen LogP contribution in [0.4, 0.5) is 5.69 Å². The van der Waals surface area contributed by atoms with Crippen molar-refractivity contribution in [1.29, 1.82) is 5.26 Å². The molecular formula is C23H22N2O4. The number of benzene rings is 2. The molecule has 0 aromatic heterocycles. The third kappa shape index (κ3) is 4.46. The summed E-state index contributed by atoms with van der Waals surface area (Å²) >= 11 is 0. The van der Waals surface area contributed by atoms with Gasteiger partial charge in [0.05, 0.1) is 25.0 Å². The van der Waals surface area contributed by atoms with Gasteiger partial charge in [-0.15, -0.1) is 0 Å². The van der Waals surface area contributed by atoms with Gasteiger partial charge in [-0.25, -0.2) is 0 Å². The van der Waals surface area contributed by atoms with E-state index in [0.717, 1.165) is 5.56 Å². The van der Waals surface area contributed by atoms with Crippen molar-refractivity contribution in [3.63, 3.8) is 0 Å². The van der Waals surface area contributed by atoms with Crippen LogP contribution in [0, 0.1) is 17.2 Å². The number of nitrogens with one attached hydrogen (secondary N) is 1. The Bertz CT molecular complexity index is 990. The van der Waals surface area contributed by atoms with Gasteiger partial charge in [0.15, 0.2) is 5.78 Å². The second-order valence-corrected chi connectivity index (χ2v) is 6.67. The van der Waals surface area contributed by atoms with Crippen molar-refractivity contribution in [2.45, 2.75) is 19.3 Å². The number of allylic oxidation sites excluding steroid dienone is 2. The third-order valence-corrected chi connectivity index (χ3v) is 4.87. The van der Waals surface area contributed by atoms with Crippen molar-refractivity contribution < 1.29 is 19.1 Å². The number of anilines is 1. The van der Waals surface area contributed by atoms with Crippen LogP contribution in [0.25, 0.3) is 0 Å². The molecule has 29 heavy (non-hydrogen) atoms. The first kappa shape index (κ1) is 20.2. The smallest absolute Gasteiger partial charge is 0.317 e. The van der Waals surface area contributed by atoms with E-state index in [1.54, 1.807) is 32.2 Å². The van der Waals surface area contributed by atoms with Crippen LogP contribution < -0.4 is 10.1 Å². The van der Waals surface area contributed by atoms with Gasteiger partial charge in [-0.1, -0.05) is 24.3 Å². The quantitative estimate of drug-likeness (QED) is 0.596. The third-order valence-electron chi connectivity index (χ3n) is 4.87. The van der Waals surface area contributed by atoms with Gasteiger partial charge in [0.2, 0.25) is 0 Å². The lowest BCUT2D eigenvalue weighted by Crippen LogP contribution is -2.35. The molecule has 0 spiro atoms. The Labute approximate surface area is 169 Å². The van der Waals surface area contributed by atoms with Gasteiger partial charge in [-0.05, 0) is 43.2 Å². The number of ether oxygens (including phenoxy) is 2. The Kier molecular flexibility index (Phi) is 6.30. The second-order valence-electron chi connectivity index (χ2n) is 6.67. The van der Waals surface area contributed by atoms with Crippen molar-refractivity contribution in [1.82, 2.24) is 0 Å². The Balaban J connectivity index is 1.97. The SMILES string of the molecule is CCOC(=O)[C@H]1C(=O)C=C(Nc2ccccc2C#N)C[C@H]1c1cccc(OC)c1. The zero-order chi connectivity index (χ0) is 20.8. The minimum absolute atomic E-state index is 0.206. The van der Waals surface area contributed by atoms with Gasteiger partial charge >= 0.3 is 5.97 Å². The summed E-state index contributed by atoms with van der Waals surface area (Å²) in [5, 5.41) is 12.5. The minimum Gasteiger partial charge on any atom is -0.497 e. The van der Waals surface area contributed by atoms with Gasteiger partial charge in [0.25, 0.3) is 0 Å². The highest BCUT2D eigenvalue weighted by Crippen LogP contribution is 2.38. The molecule has 0 fully saturated rings. The minimum atomic E-state index is -0.918. The largest absolute Gasteiger partial charge is 0.497 e. The summed E-state index contributed by atoms with van der Waals surface area (Å²) in [6.45, 7) is 1.92. The summed E-state index contributed by atoms with van der Waals surface area (Å²) in [6.07, 6.45) is 1.86. The van der Waals surface area contributed by atoms with E-state index in [2.05, 4.69) is 11.4 Å². The van der Waals surface area contributed by atoms with E-state index < -0.39 is 17.8 Å². The van der Waals surface area contributed by atoms with E-state index in [-0.39, 0.29) is 12.4 Å². The predicted octanol–water partition coefficient (Wildman–Crippen LogP) is 3.80. The van der Waals surface area contributed by atoms with Crippen LogP contribution in [0.5, 0.6) is 5.75 Å². The predicted molar refractivity (Wildman–Crippen MR) is 108 cm³/mol. The number of para-hydroxylation sites is 1. The zero-order valence-electron chi connectivity index (χ0n) is 16.3. The molecule has 0 bridgehead atoms. The average molecular weight is 390 g/mol. The number of nitriles is 1. The van der Waals surface area contributed by atoms with Crippen molar-refractivity contribution in [3.8, 4) is 11.8 Å². The Morgan fingerprint density at radius 1 is 1.24 bits per heavy atom. The van der Waals surface area contributed by atoms with Gasteiger partial charge in [-0.2, -0.15) is 5.26 Å². The molecule has 0 amide bonds. The number of esters is 1. The molecule has 1 N–H and O–H groups in total. The Hall–Kier alpha value is -3.59. The Morgan fingerprint density at radius 2 is 2.03 bits per heavy atom. The molecule has 2 aromatic rings. The number of nitrogens with zero attached hydrogens (tertiary/aromatic N) is 1. The fraction of sp³-hybridized carbons (Fsp3) is 0.261. The number of hydrogen-bond acceptors (Lipinski definition) is 6. The lowest BCUT2D eigenvalue weighted by molar-refractivity contribution is -0.151. The normalized spacial score (nSPS) is 18.4. The molecule has 2 atom stereocenters. The molecule has 2 aromatic carbocycles. The van der Waals surface area contributed by atoms with E-state index in [4.69, 9.17) is 9.47 Å². The van der Waals surface area contributed by atoms with Crippen LogP contribution in [0.1, 0.15) is 30.4 Å². The van der Waals surface area contributed by atoms with Gasteiger partial charge in [0.1, 0.15) is 17.7 Å². The summed E-state index contributed by atoms with van der Waals surface area (Å²) < 4.78 is 10.5. The standard InChI is InChI=1S/C23H22N2O4/c1-3-29-23(27)22-19(15-8-6-9-18(11-15)28-2)12-17(13-21(22)26)25-20-10-5-4-7-16(20)14-24/h4-11,13,19,22,25H,3,12H2,1-2H3/t19-,22+/m0/s1. The summed E-state index contributed by atoms with van der Waals surface area (Å²) in [5.74, 6) is -1.52. The first-order chi connectivity index (χ1) is 14.1. The van der Waals surface area contributed by atoms with Gasteiger partial charge < -0.3 is 14.8 Å². The number of carbonyl (C=O) groups excluding carboxylic acids is 2. The monoisotopic (exact) mass is 390 g/mol. The fourth-order valence-electron chi connectivity index (χ4n) is 3.52. The number of hydrogen-bond donors (Lipinski definition) is 1. The molecule has 0 heterocycles. The number of rotatable bonds is 6. The summed E-state index contributed by atoms with van der Waals surface area (Å²) in [7, 11) is 1.57. The molecule has 0 saturated heterocycles. The first-order valence-corrected chi connectivity index (χ1v) is 9.38. The molecule has 1 aliphatic carbocycles. The molecule has 0 saturated carbocycles. The van der Waals surface area contributed by atoms with E-state index in [0.29, 0.717) is 29.1 Å². The zero-order valence-corrected chi connectivity index (χ0v) is 16.3. The summed E-state index contributed by atoms with van der Waals surface area (Å²) in [6, 6.07) is 16.6. The lowest BCUT2D eigenvalue weighted by atomic mass is 9.76. The molecule has 1 aliphatic rings. The maximum Gasteiger partial charge on any atom is 0.317 e. The first-order valence-electron chi connectivity index (χ1n) is 9.38. The van der Waals surface area contributed by atoms with E-state index in [1.165, 1.54) is 6.08 Å². The maximum atomic E-state index is 12.9. The highest BCUT2D eigenvalue weighted by molar-refractivity contribution is 6.07. The molecular weight excluding hydrogens is 368 g/mol. The number of carbonyl (C=O) groups is 2. The van der Waals surface area contributed by atoms with Gasteiger partial charge in [0, 0.05) is 17.7 Å². The Morgan fingerprint density at radius 3 is 2.76 bits per heavy atom. The number of ketones is 1. The average Bonchev–Trinajstić information content (AvgIpc) is 2.74. The van der Waals surface area contributed by atoms with Crippen molar-refractivity contribution in [3.05, 3.63) is 71.4 Å². The van der Waals surface area contributed by atoms with Crippen molar-refractivity contribution in [2.24, 2.45) is 5.92 Å². The van der Waals surface area contributed by atoms with Crippen LogP contribution in [-0.4, -0.2) is 25.5 Å². The summed E-state index contributed by atoms with van der Waals surface area (Å²) in [4.78, 5) is 25.4.